The molecule has 1 saturated heterocycles. The Labute approximate surface area is 101 Å². The van der Waals surface area contributed by atoms with Gasteiger partial charge in [-0.2, -0.15) is 0 Å². The van der Waals surface area contributed by atoms with Crippen molar-refractivity contribution >= 4 is 5.82 Å². The molecular formula is C12H20N4O. The summed E-state index contributed by atoms with van der Waals surface area (Å²) in [5.74, 6) is 2.07. The molecular weight excluding hydrogens is 216 g/mol. The maximum Gasteiger partial charge on any atom is 0.252 e. The molecule has 0 saturated carbocycles. The average Bonchev–Trinajstić information content (AvgIpc) is 2.69. The van der Waals surface area contributed by atoms with Gasteiger partial charge in [-0.1, -0.05) is 13.8 Å². The van der Waals surface area contributed by atoms with Gasteiger partial charge in [0.05, 0.1) is 0 Å². The van der Waals surface area contributed by atoms with Crippen molar-refractivity contribution in [3.63, 3.8) is 0 Å². The van der Waals surface area contributed by atoms with Gasteiger partial charge in [-0.05, 0) is 12.3 Å². The number of hydrogen-bond donors (Lipinski definition) is 2. The third kappa shape index (κ3) is 2.34. The van der Waals surface area contributed by atoms with Gasteiger partial charge in [-0.25, -0.2) is 4.98 Å². The molecule has 0 aliphatic carbocycles. The summed E-state index contributed by atoms with van der Waals surface area (Å²) in [7, 11) is 0. The minimum atomic E-state index is -0.0813. The van der Waals surface area contributed by atoms with E-state index in [0.29, 0.717) is 18.5 Å². The highest BCUT2D eigenvalue weighted by Crippen LogP contribution is 2.26. The van der Waals surface area contributed by atoms with E-state index in [-0.39, 0.29) is 5.56 Å². The maximum atomic E-state index is 11.5. The molecule has 3 N–H and O–H groups in total. The molecule has 1 fully saturated rings. The molecule has 0 radical (unpaired) electrons. The van der Waals surface area contributed by atoms with E-state index in [4.69, 9.17) is 5.73 Å². The third-order valence-electron chi connectivity index (χ3n) is 3.53. The van der Waals surface area contributed by atoms with Gasteiger partial charge < -0.3 is 15.6 Å². The molecule has 5 nitrogen and oxygen atoms in total. The first kappa shape index (κ1) is 12.1. The number of aromatic amines is 1. The standard InChI is InChI=1S/C12H20N4O/c1-3-10-14-11(6-12(17)15-10)16-5-4-8(2)9(16)7-13/h6,8-9H,3-5,7,13H2,1-2H3,(H,14,15,17). The van der Waals surface area contributed by atoms with Gasteiger partial charge in [0.2, 0.25) is 0 Å². The summed E-state index contributed by atoms with van der Waals surface area (Å²) in [5.41, 5.74) is 5.72. The number of nitrogens with zero attached hydrogens (tertiary/aromatic N) is 2. The monoisotopic (exact) mass is 236 g/mol. The zero-order valence-corrected chi connectivity index (χ0v) is 10.4. The van der Waals surface area contributed by atoms with Crippen LogP contribution in [-0.4, -0.2) is 29.1 Å². The Kier molecular flexibility index (Phi) is 3.47. The molecule has 2 heterocycles. The lowest BCUT2D eigenvalue weighted by Crippen LogP contribution is -2.39. The van der Waals surface area contributed by atoms with Crippen molar-refractivity contribution in [2.75, 3.05) is 18.0 Å². The van der Waals surface area contributed by atoms with Gasteiger partial charge in [0.15, 0.2) is 0 Å². The van der Waals surface area contributed by atoms with Crippen molar-refractivity contribution < 1.29 is 0 Å². The smallest absolute Gasteiger partial charge is 0.252 e. The fourth-order valence-electron chi connectivity index (χ4n) is 2.46. The number of aromatic nitrogens is 2. The van der Waals surface area contributed by atoms with E-state index < -0.39 is 0 Å². The van der Waals surface area contributed by atoms with Crippen molar-refractivity contribution in [3.8, 4) is 0 Å². The highest BCUT2D eigenvalue weighted by Gasteiger charge is 2.31. The Morgan fingerprint density at radius 2 is 2.41 bits per heavy atom. The number of anilines is 1. The van der Waals surface area contributed by atoms with Gasteiger partial charge >= 0.3 is 0 Å². The number of nitrogens with one attached hydrogen (secondary N) is 1. The Balaban J connectivity index is 2.33. The van der Waals surface area contributed by atoms with E-state index in [1.807, 2.05) is 6.92 Å². The van der Waals surface area contributed by atoms with Gasteiger partial charge in [-0.15, -0.1) is 0 Å². The average molecular weight is 236 g/mol. The molecule has 1 aromatic rings. The molecule has 5 heteroatoms. The number of aryl methyl sites for hydroxylation is 1. The molecule has 0 aromatic carbocycles. The molecule has 17 heavy (non-hydrogen) atoms. The summed E-state index contributed by atoms with van der Waals surface area (Å²) in [4.78, 5) is 20.9. The molecule has 0 bridgehead atoms. The quantitative estimate of drug-likeness (QED) is 0.801. The SMILES string of the molecule is CCc1nc(N2CCC(C)C2CN)cc(=O)[nH]1. The van der Waals surface area contributed by atoms with E-state index in [0.717, 1.165) is 31.0 Å². The van der Waals surface area contributed by atoms with Gasteiger partial charge in [0.1, 0.15) is 11.6 Å². The van der Waals surface area contributed by atoms with E-state index in [1.165, 1.54) is 0 Å². The summed E-state index contributed by atoms with van der Waals surface area (Å²) in [5, 5.41) is 0. The molecule has 1 aromatic heterocycles. The number of H-pyrrole nitrogens is 1. The van der Waals surface area contributed by atoms with E-state index >= 15 is 0 Å². The van der Waals surface area contributed by atoms with Crippen molar-refractivity contribution in [3.05, 3.63) is 22.2 Å². The second-order valence-electron chi connectivity index (χ2n) is 4.67. The molecule has 0 amide bonds. The summed E-state index contributed by atoms with van der Waals surface area (Å²) in [6.07, 6.45) is 1.84. The lowest BCUT2D eigenvalue weighted by molar-refractivity contribution is 0.517. The van der Waals surface area contributed by atoms with Crippen LogP contribution in [0.3, 0.4) is 0 Å². The topological polar surface area (TPSA) is 75.0 Å². The normalized spacial score (nSPS) is 24.3. The van der Waals surface area contributed by atoms with E-state index in [2.05, 4.69) is 21.8 Å². The Morgan fingerprint density at radius 3 is 3.06 bits per heavy atom. The molecule has 1 aliphatic rings. The fourth-order valence-corrected chi connectivity index (χ4v) is 2.46. The number of hydrogen-bond acceptors (Lipinski definition) is 4. The molecule has 2 atom stereocenters. The first-order valence-electron chi connectivity index (χ1n) is 6.22. The Hall–Kier alpha value is -1.36. The highest BCUT2D eigenvalue weighted by atomic mass is 16.1. The van der Waals surface area contributed by atoms with Crippen LogP contribution in [-0.2, 0) is 6.42 Å². The predicted molar refractivity (Wildman–Crippen MR) is 68.2 cm³/mol. The van der Waals surface area contributed by atoms with Crippen LogP contribution >= 0.6 is 0 Å². The van der Waals surface area contributed by atoms with Crippen LogP contribution in [0.1, 0.15) is 26.1 Å². The molecule has 1 aliphatic heterocycles. The summed E-state index contributed by atoms with van der Waals surface area (Å²) >= 11 is 0. The van der Waals surface area contributed by atoms with Crippen LogP contribution in [0.4, 0.5) is 5.82 Å². The van der Waals surface area contributed by atoms with Crippen LogP contribution in [0.25, 0.3) is 0 Å². The zero-order valence-electron chi connectivity index (χ0n) is 10.4. The van der Waals surface area contributed by atoms with Crippen LogP contribution in [0.5, 0.6) is 0 Å². The minimum absolute atomic E-state index is 0.0813. The number of rotatable bonds is 3. The largest absolute Gasteiger partial charge is 0.352 e. The third-order valence-corrected chi connectivity index (χ3v) is 3.53. The van der Waals surface area contributed by atoms with Crippen molar-refractivity contribution in [2.45, 2.75) is 32.7 Å². The summed E-state index contributed by atoms with van der Waals surface area (Å²) in [6, 6.07) is 1.87. The summed E-state index contributed by atoms with van der Waals surface area (Å²) < 4.78 is 0. The second-order valence-corrected chi connectivity index (χ2v) is 4.67. The highest BCUT2D eigenvalue weighted by molar-refractivity contribution is 5.41. The van der Waals surface area contributed by atoms with Crippen molar-refractivity contribution in [1.29, 1.82) is 0 Å². The van der Waals surface area contributed by atoms with Crippen LogP contribution in [0.2, 0.25) is 0 Å². The van der Waals surface area contributed by atoms with Crippen LogP contribution in [0, 0.1) is 5.92 Å². The second kappa shape index (κ2) is 4.87. The van der Waals surface area contributed by atoms with E-state index in [1.54, 1.807) is 6.07 Å². The Bertz CT molecular complexity index is 442. The lowest BCUT2D eigenvalue weighted by Gasteiger charge is -2.26. The number of nitrogens with two attached hydrogens (primary N) is 1. The first-order chi connectivity index (χ1) is 8.15. The maximum absolute atomic E-state index is 11.5. The van der Waals surface area contributed by atoms with Crippen LogP contribution in [0.15, 0.2) is 10.9 Å². The molecule has 94 valence electrons. The molecule has 0 spiro atoms. The van der Waals surface area contributed by atoms with Crippen molar-refractivity contribution in [2.24, 2.45) is 11.7 Å². The molecule has 2 unspecified atom stereocenters. The summed E-state index contributed by atoms with van der Waals surface area (Å²) in [6.45, 7) is 5.72. The van der Waals surface area contributed by atoms with Gasteiger partial charge in [0.25, 0.3) is 5.56 Å². The van der Waals surface area contributed by atoms with Crippen molar-refractivity contribution in [1.82, 2.24) is 9.97 Å². The molecule has 2 rings (SSSR count). The van der Waals surface area contributed by atoms with Crippen LogP contribution < -0.4 is 16.2 Å². The van der Waals surface area contributed by atoms with E-state index in [9.17, 15) is 4.79 Å². The van der Waals surface area contributed by atoms with Gasteiger partial charge in [-0.3, -0.25) is 4.79 Å². The minimum Gasteiger partial charge on any atom is -0.352 e. The zero-order chi connectivity index (χ0) is 12.4. The fraction of sp³-hybridized carbons (Fsp3) is 0.667. The Morgan fingerprint density at radius 1 is 1.65 bits per heavy atom. The van der Waals surface area contributed by atoms with Gasteiger partial charge in [0, 0.05) is 31.6 Å². The first-order valence-corrected chi connectivity index (χ1v) is 6.22. The lowest BCUT2D eigenvalue weighted by atomic mass is 10.0. The predicted octanol–water partition coefficient (Wildman–Crippen LogP) is 0.506.